The summed E-state index contributed by atoms with van der Waals surface area (Å²) in [5, 5.41) is 7.53. The van der Waals surface area contributed by atoms with E-state index in [0.717, 1.165) is 11.3 Å². The molecule has 1 aromatic carbocycles. The Morgan fingerprint density at radius 3 is 2.69 bits per heavy atom. The van der Waals surface area contributed by atoms with E-state index in [0.29, 0.717) is 6.54 Å². The van der Waals surface area contributed by atoms with Crippen LogP contribution < -0.4 is 11.1 Å². The van der Waals surface area contributed by atoms with Crippen LogP contribution >= 0.6 is 0 Å². The predicted octanol–water partition coefficient (Wildman–Crippen LogP) is 1.53. The Bertz CT molecular complexity index is 435. The van der Waals surface area contributed by atoms with Crippen LogP contribution in [-0.4, -0.2) is 16.3 Å². The van der Waals surface area contributed by atoms with Crippen LogP contribution in [0.4, 0.5) is 5.69 Å². The number of benzene rings is 1. The van der Waals surface area contributed by atoms with Gasteiger partial charge in [0.15, 0.2) is 0 Å². The molecule has 4 heteroatoms. The molecule has 16 heavy (non-hydrogen) atoms. The van der Waals surface area contributed by atoms with Gasteiger partial charge in [0.05, 0.1) is 12.2 Å². The standard InChI is InChI=1S/C12H16N4/c1-16-9-10(8-14-16)12(7-13)15-11-5-3-2-4-6-11/h2-6,8-9,12,15H,7,13H2,1H3. The fourth-order valence-corrected chi connectivity index (χ4v) is 1.63. The summed E-state index contributed by atoms with van der Waals surface area (Å²) in [5.41, 5.74) is 7.94. The van der Waals surface area contributed by atoms with Gasteiger partial charge in [-0.05, 0) is 12.1 Å². The number of nitrogens with two attached hydrogens (primary N) is 1. The lowest BCUT2D eigenvalue weighted by atomic mass is 10.1. The highest BCUT2D eigenvalue weighted by Gasteiger charge is 2.10. The number of anilines is 1. The molecule has 0 radical (unpaired) electrons. The number of nitrogens with zero attached hydrogens (tertiary/aromatic N) is 2. The van der Waals surface area contributed by atoms with E-state index < -0.39 is 0 Å². The molecule has 0 amide bonds. The van der Waals surface area contributed by atoms with Crippen LogP contribution in [0.2, 0.25) is 0 Å². The number of para-hydroxylation sites is 1. The first-order chi connectivity index (χ1) is 7.79. The molecule has 4 nitrogen and oxygen atoms in total. The number of aromatic nitrogens is 2. The highest BCUT2D eigenvalue weighted by atomic mass is 15.2. The third-order valence-electron chi connectivity index (χ3n) is 2.48. The molecule has 1 unspecified atom stereocenters. The van der Waals surface area contributed by atoms with Crippen LogP contribution in [0.1, 0.15) is 11.6 Å². The van der Waals surface area contributed by atoms with Crippen molar-refractivity contribution in [3.05, 3.63) is 48.3 Å². The SMILES string of the molecule is Cn1cc(C(CN)Nc2ccccc2)cn1. The Balaban J connectivity index is 2.12. The molecule has 0 bridgehead atoms. The molecular formula is C12H16N4. The van der Waals surface area contributed by atoms with Gasteiger partial charge in [0.25, 0.3) is 0 Å². The second-order valence-electron chi connectivity index (χ2n) is 3.75. The maximum Gasteiger partial charge on any atom is 0.0667 e. The van der Waals surface area contributed by atoms with Crippen LogP contribution in [0, 0.1) is 0 Å². The fraction of sp³-hybridized carbons (Fsp3) is 0.250. The van der Waals surface area contributed by atoms with Crippen LogP contribution in [0.3, 0.4) is 0 Å². The predicted molar refractivity (Wildman–Crippen MR) is 65.1 cm³/mol. The summed E-state index contributed by atoms with van der Waals surface area (Å²) in [4.78, 5) is 0. The molecule has 0 saturated heterocycles. The minimum absolute atomic E-state index is 0.107. The van der Waals surface area contributed by atoms with Crippen LogP contribution in [0.5, 0.6) is 0 Å². The van der Waals surface area contributed by atoms with E-state index in [4.69, 9.17) is 5.73 Å². The lowest BCUT2D eigenvalue weighted by molar-refractivity contribution is 0.759. The van der Waals surface area contributed by atoms with E-state index in [1.54, 1.807) is 4.68 Å². The van der Waals surface area contributed by atoms with Crippen molar-refractivity contribution in [2.75, 3.05) is 11.9 Å². The van der Waals surface area contributed by atoms with Gasteiger partial charge in [-0.15, -0.1) is 0 Å². The van der Waals surface area contributed by atoms with Crippen molar-refractivity contribution >= 4 is 5.69 Å². The molecule has 84 valence electrons. The monoisotopic (exact) mass is 216 g/mol. The highest BCUT2D eigenvalue weighted by molar-refractivity contribution is 5.44. The van der Waals surface area contributed by atoms with Gasteiger partial charge in [-0.3, -0.25) is 4.68 Å². The van der Waals surface area contributed by atoms with Crippen LogP contribution in [0.15, 0.2) is 42.7 Å². The zero-order valence-corrected chi connectivity index (χ0v) is 9.30. The van der Waals surface area contributed by atoms with Gasteiger partial charge in [0.1, 0.15) is 0 Å². The van der Waals surface area contributed by atoms with Gasteiger partial charge in [0, 0.05) is 31.0 Å². The van der Waals surface area contributed by atoms with E-state index in [9.17, 15) is 0 Å². The van der Waals surface area contributed by atoms with E-state index in [2.05, 4.69) is 10.4 Å². The molecule has 1 atom stereocenters. The summed E-state index contributed by atoms with van der Waals surface area (Å²) >= 11 is 0. The largest absolute Gasteiger partial charge is 0.377 e. The zero-order valence-electron chi connectivity index (χ0n) is 9.30. The summed E-state index contributed by atoms with van der Waals surface area (Å²) < 4.78 is 1.78. The Hall–Kier alpha value is -1.81. The molecule has 3 N–H and O–H groups in total. The first kappa shape index (κ1) is 10.7. The molecular weight excluding hydrogens is 200 g/mol. The van der Waals surface area contributed by atoms with Crippen molar-refractivity contribution < 1.29 is 0 Å². The van der Waals surface area contributed by atoms with Crippen molar-refractivity contribution in [2.45, 2.75) is 6.04 Å². The molecule has 0 aliphatic heterocycles. The quantitative estimate of drug-likeness (QED) is 0.815. The summed E-state index contributed by atoms with van der Waals surface area (Å²) in [5.74, 6) is 0. The Labute approximate surface area is 95.1 Å². The maximum absolute atomic E-state index is 5.76. The van der Waals surface area contributed by atoms with E-state index in [1.165, 1.54) is 0 Å². The van der Waals surface area contributed by atoms with Gasteiger partial charge in [-0.25, -0.2) is 0 Å². The Morgan fingerprint density at radius 1 is 1.38 bits per heavy atom. The average molecular weight is 216 g/mol. The third-order valence-corrected chi connectivity index (χ3v) is 2.48. The van der Waals surface area contributed by atoms with Gasteiger partial charge in [-0.1, -0.05) is 18.2 Å². The van der Waals surface area contributed by atoms with Crippen molar-refractivity contribution in [1.29, 1.82) is 0 Å². The van der Waals surface area contributed by atoms with Gasteiger partial charge in [-0.2, -0.15) is 5.10 Å². The minimum atomic E-state index is 0.107. The fourth-order valence-electron chi connectivity index (χ4n) is 1.63. The topological polar surface area (TPSA) is 55.9 Å². The normalized spacial score (nSPS) is 12.4. The first-order valence-corrected chi connectivity index (χ1v) is 5.30. The second-order valence-corrected chi connectivity index (χ2v) is 3.75. The highest BCUT2D eigenvalue weighted by Crippen LogP contribution is 2.17. The summed E-state index contributed by atoms with van der Waals surface area (Å²) in [7, 11) is 1.90. The molecule has 0 aliphatic carbocycles. The molecule has 0 fully saturated rings. The lowest BCUT2D eigenvalue weighted by Crippen LogP contribution is -2.20. The van der Waals surface area contributed by atoms with Gasteiger partial charge < -0.3 is 11.1 Å². The number of rotatable bonds is 4. The maximum atomic E-state index is 5.76. The van der Waals surface area contributed by atoms with E-state index in [1.807, 2.05) is 49.8 Å². The minimum Gasteiger partial charge on any atom is -0.377 e. The zero-order chi connectivity index (χ0) is 11.4. The average Bonchev–Trinajstić information content (AvgIpc) is 2.74. The summed E-state index contributed by atoms with van der Waals surface area (Å²) in [6, 6.07) is 10.2. The summed E-state index contributed by atoms with van der Waals surface area (Å²) in [6.45, 7) is 0.542. The second kappa shape index (κ2) is 4.81. The Kier molecular flexibility index (Phi) is 3.22. The van der Waals surface area contributed by atoms with Crippen molar-refractivity contribution in [2.24, 2.45) is 12.8 Å². The Morgan fingerprint density at radius 2 is 2.12 bits per heavy atom. The van der Waals surface area contributed by atoms with E-state index >= 15 is 0 Å². The van der Waals surface area contributed by atoms with Crippen molar-refractivity contribution in [3.8, 4) is 0 Å². The van der Waals surface area contributed by atoms with Gasteiger partial charge >= 0.3 is 0 Å². The first-order valence-electron chi connectivity index (χ1n) is 5.30. The van der Waals surface area contributed by atoms with Crippen molar-refractivity contribution in [3.63, 3.8) is 0 Å². The van der Waals surface area contributed by atoms with Crippen LogP contribution in [0.25, 0.3) is 0 Å². The van der Waals surface area contributed by atoms with Crippen LogP contribution in [-0.2, 0) is 7.05 Å². The number of hydrogen-bond acceptors (Lipinski definition) is 3. The van der Waals surface area contributed by atoms with Gasteiger partial charge in [0.2, 0.25) is 0 Å². The number of nitrogens with one attached hydrogen (secondary N) is 1. The molecule has 2 aromatic rings. The number of aryl methyl sites for hydroxylation is 1. The smallest absolute Gasteiger partial charge is 0.0667 e. The van der Waals surface area contributed by atoms with Crippen molar-refractivity contribution in [1.82, 2.24) is 9.78 Å². The molecule has 0 aliphatic rings. The lowest BCUT2D eigenvalue weighted by Gasteiger charge is -2.16. The summed E-state index contributed by atoms with van der Waals surface area (Å²) in [6.07, 6.45) is 3.82. The molecule has 0 spiro atoms. The molecule has 0 saturated carbocycles. The molecule has 1 aromatic heterocycles. The third kappa shape index (κ3) is 2.41. The number of hydrogen-bond donors (Lipinski definition) is 2. The molecule has 2 rings (SSSR count). The molecule has 1 heterocycles. The van der Waals surface area contributed by atoms with E-state index in [-0.39, 0.29) is 6.04 Å².